The summed E-state index contributed by atoms with van der Waals surface area (Å²) in [7, 11) is 0. The van der Waals surface area contributed by atoms with Gasteiger partial charge >= 0.3 is 0 Å². The number of ether oxygens (including phenoxy) is 1. The van der Waals surface area contributed by atoms with Gasteiger partial charge in [-0.25, -0.2) is 8.78 Å². The molecule has 0 atom stereocenters. The van der Waals surface area contributed by atoms with Crippen molar-refractivity contribution in [3.05, 3.63) is 51.7 Å². The number of hydrogen-bond acceptors (Lipinski definition) is 3. The highest BCUT2D eigenvalue weighted by atomic mass is 32.1. The molecule has 1 aromatic carbocycles. The van der Waals surface area contributed by atoms with Crippen LogP contribution in [-0.2, 0) is 6.61 Å². The molecule has 0 bridgehead atoms. The van der Waals surface area contributed by atoms with Crippen LogP contribution in [0.3, 0.4) is 0 Å². The van der Waals surface area contributed by atoms with Gasteiger partial charge in [0.25, 0.3) is 0 Å². The maximum Gasteiger partial charge on any atom is 0.162 e. The summed E-state index contributed by atoms with van der Waals surface area (Å²) >= 11 is 1.48. The van der Waals surface area contributed by atoms with Crippen molar-refractivity contribution in [2.24, 2.45) is 0 Å². The second kappa shape index (κ2) is 7.04. The molecule has 20 heavy (non-hydrogen) atoms. The molecule has 0 spiro atoms. The lowest BCUT2D eigenvalue weighted by atomic mass is 10.2. The fraction of sp³-hybridized carbons (Fsp3) is 0.200. The van der Waals surface area contributed by atoms with Gasteiger partial charge in [-0.1, -0.05) is 11.8 Å². The Morgan fingerprint density at radius 1 is 1.20 bits per heavy atom. The number of hydrogen-bond donors (Lipinski definition) is 1. The van der Waals surface area contributed by atoms with E-state index in [4.69, 9.17) is 9.84 Å². The zero-order valence-electron chi connectivity index (χ0n) is 10.5. The maximum absolute atomic E-state index is 13.0. The molecule has 0 aliphatic carbocycles. The van der Waals surface area contributed by atoms with Crippen molar-refractivity contribution in [2.45, 2.75) is 13.0 Å². The van der Waals surface area contributed by atoms with E-state index in [1.165, 1.54) is 17.4 Å². The second-order valence-corrected chi connectivity index (χ2v) is 4.90. The van der Waals surface area contributed by atoms with Crippen LogP contribution in [0.15, 0.2) is 29.6 Å². The van der Waals surface area contributed by atoms with Gasteiger partial charge in [-0.15, -0.1) is 11.3 Å². The van der Waals surface area contributed by atoms with Crippen LogP contribution in [0.5, 0.6) is 5.75 Å². The number of aliphatic hydroxyl groups is 1. The van der Waals surface area contributed by atoms with E-state index in [1.54, 1.807) is 0 Å². The van der Waals surface area contributed by atoms with Crippen molar-refractivity contribution < 1.29 is 18.6 Å². The predicted octanol–water partition coefficient (Wildman–Crippen LogP) is 3.34. The molecule has 2 rings (SSSR count). The lowest BCUT2D eigenvalue weighted by molar-refractivity contribution is 0.305. The van der Waals surface area contributed by atoms with Gasteiger partial charge < -0.3 is 9.84 Å². The molecular formula is C15H12F2O2S. The molecule has 0 saturated carbocycles. The zero-order valence-corrected chi connectivity index (χ0v) is 11.3. The summed E-state index contributed by atoms with van der Waals surface area (Å²) in [6.45, 7) is 0.268. The number of aliphatic hydroxyl groups excluding tert-OH is 1. The topological polar surface area (TPSA) is 29.5 Å². The smallest absolute Gasteiger partial charge is 0.162 e. The van der Waals surface area contributed by atoms with E-state index in [0.717, 1.165) is 22.6 Å². The van der Waals surface area contributed by atoms with Crippen LogP contribution in [0.2, 0.25) is 0 Å². The Balaban J connectivity index is 2.02. The Morgan fingerprint density at radius 2 is 2.05 bits per heavy atom. The Bertz CT molecular complexity index is 641. The van der Waals surface area contributed by atoms with Crippen LogP contribution < -0.4 is 4.74 Å². The van der Waals surface area contributed by atoms with Gasteiger partial charge in [0.15, 0.2) is 11.6 Å². The first-order valence-electron chi connectivity index (χ1n) is 5.94. The molecular weight excluding hydrogens is 282 g/mol. The minimum atomic E-state index is -0.934. The van der Waals surface area contributed by atoms with Gasteiger partial charge in [0, 0.05) is 18.1 Å². The van der Waals surface area contributed by atoms with E-state index >= 15 is 0 Å². The fourth-order valence-electron chi connectivity index (χ4n) is 1.49. The molecule has 0 amide bonds. The quantitative estimate of drug-likeness (QED) is 0.876. The molecule has 104 valence electrons. The highest BCUT2D eigenvalue weighted by Gasteiger charge is 2.06. The molecule has 1 aromatic heterocycles. The molecule has 1 N–H and O–H groups in total. The molecule has 0 aliphatic heterocycles. The van der Waals surface area contributed by atoms with Crippen LogP contribution >= 0.6 is 11.3 Å². The van der Waals surface area contributed by atoms with Gasteiger partial charge in [0.2, 0.25) is 0 Å². The van der Waals surface area contributed by atoms with Crippen molar-refractivity contribution >= 4 is 11.3 Å². The number of benzene rings is 1. The Morgan fingerprint density at radius 3 is 2.80 bits per heavy atom. The largest absolute Gasteiger partial charge is 0.488 e. The minimum Gasteiger partial charge on any atom is -0.488 e. The monoisotopic (exact) mass is 294 g/mol. The summed E-state index contributed by atoms with van der Waals surface area (Å²) in [5.41, 5.74) is 0.825. The zero-order chi connectivity index (χ0) is 14.4. The highest BCUT2D eigenvalue weighted by molar-refractivity contribution is 7.10. The van der Waals surface area contributed by atoms with Crippen molar-refractivity contribution in [1.29, 1.82) is 0 Å². The SMILES string of the molecule is OCCC#Cc1ccsc1COc1ccc(F)c(F)c1. The Labute approximate surface area is 119 Å². The number of thiophene rings is 1. The van der Waals surface area contributed by atoms with E-state index in [1.807, 2.05) is 11.4 Å². The van der Waals surface area contributed by atoms with Crippen LogP contribution in [0.25, 0.3) is 0 Å². The first kappa shape index (κ1) is 14.5. The van der Waals surface area contributed by atoms with Crippen molar-refractivity contribution in [3.8, 4) is 17.6 Å². The summed E-state index contributed by atoms with van der Waals surface area (Å²) < 4.78 is 31.2. The van der Waals surface area contributed by atoms with E-state index in [0.29, 0.717) is 6.42 Å². The second-order valence-electron chi connectivity index (χ2n) is 3.90. The summed E-state index contributed by atoms with van der Waals surface area (Å²) in [4.78, 5) is 0.903. The van der Waals surface area contributed by atoms with E-state index in [-0.39, 0.29) is 19.0 Å². The summed E-state index contributed by atoms with van der Waals surface area (Å²) in [6.07, 6.45) is 0.416. The van der Waals surface area contributed by atoms with Crippen LogP contribution in [0.4, 0.5) is 8.78 Å². The van der Waals surface area contributed by atoms with Crippen LogP contribution in [0, 0.1) is 23.5 Å². The summed E-state index contributed by atoms with van der Waals surface area (Å²) in [6, 6.07) is 5.28. The Kier molecular flexibility index (Phi) is 5.10. The molecule has 0 radical (unpaired) electrons. The van der Waals surface area contributed by atoms with E-state index in [2.05, 4.69) is 11.8 Å². The van der Waals surface area contributed by atoms with Gasteiger partial charge in [0.1, 0.15) is 12.4 Å². The minimum absolute atomic E-state index is 0.0256. The maximum atomic E-state index is 13.0. The number of halogens is 2. The predicted molar refractivity (Wildman–Crippen MR) is 73.6 cm³/mol. The fourth-order valence-corrected chi connectivity index (χ4v) is 2.23. The molecule has 2 nitrogen and oxygen atoms in total. The average Bonchev–Trinajstić information content (AvgIpc) is 2.88. The third-order valence-electron chi connectivity index (χ3n) is 2.47. The van der Waals surface area contributed by atoms with Crippen molar-refractivity contribution in [1.82, 2.24) is 0 Å². The van der Waals surface area contributed by atoms with Crippen molar-refractivity contribution in [2.75, 3.05) is 6.61 Å². The van der Waals surface area contributed by atoms with Gasteiger partial charge in [0.05, 0.1) is 11.5 Å². The van der Waals surface area contributed by atoms with Gasteiger partial charge in [-0.2, -0.15) is 0 Å². The lowest BCUT2D eigenvalue weighted by Crippen LogP contribution is -1.96. The van der Waals surface area contributed by atoms with Gasteiger partial charge in [-0.05, 0) is 23.6 Å². The van der Waals surface area contributed by atoms with Crippen LogP contribution in [-0.4, -0.2) is 11.7 Å². The van der Waals surface area contributed by atoms with Crippen molar-refractivity contribution in [3.63, 3.8) is 0 Å². The number of rotatable bonds is 4. The van der Waals surface area contributed by atoms with Crippen LogP contribution in [0.1, 0.15) is 16.9 Å². The first-order valence-corrected chi connectivity index (χ1v) is 6.82. The molecule has 0 saturated heterocycles. The third kappa shape index (κ3) is 3.80. The normalized spacial score (nSPS) is 9.95. The molecule has 5 heteroatoms. The average molecular weight is 294 g/mol. The van der Waals surface area contributed by atoms with Gasteiger partial charge in [-0.3, -0.25) is 0 Å². The molecule has 0 unspecified atom stereocenters. The molecule has 0 fully saturated rings. The Hall–Kier alpha value is -1.90. The molecule has 2 aromatic rings. The first-order chi connectivity index (χ1) is 9.70. The summed E-state index contributed by atoms with van der Waals surface area (Å²) in [5, 5.41) is 10.6. The van der Waals surface area contributed by atoms with E-state index in [9.17, 15) is 8.78 Å². The summed E-state index contributed by atoms with van der Waals surface area (Å²) in [5.74, 6) is 4.21. The van der Waals surface area contributed by atoms with E-state index < -0.39 is 11.6 Å². The highest BCUT2D eigenvalue weighted by Crippen LogP contribution is 2.21. The molecule has 0 aliphatic rings. The lowest BCUT2D eigenvalue weighted by Gasteiger charge is -2.05. The molecule has 1 heterocycles. The standard InChI is InChI=1S/C15H12F2O2S/c16-13-5-4-12(9-14(13)17)19-10-15-11(6-8-20-15)3-1-2-7-18/h4-6,8-9,18H,2,7,10H2. The third-order valence-corrected chi connectivity index (χ3v) is 3.36.